The van der Waals surface area contributed by atoms with Gasteiger partial charge in [0.25, 0.3) is 0 Å². The average Bonchev–Trinajstić information content (AvgIpc) is 2.62. The quantitative estimate of drug-likeness (QED) is 0.836. The summed E-state index contributed by atoms with van der Waals surface area (Å²) in [6.45, 7) is 8.07. The van der Waals surface area contributed by atoms with Crippen LogP contribution in [0.25, 0.3) is 0 Å². The molecule has 5 heteroatoms. The summed E-state index contributed by atoms with van der Waals surface area (Å²) in [5.74, 6) is 3.54. The fourth-order valence-electron chi connectivity index (χ4n) is 4.16. The second-order valence-electron chi connectivity index (χ2n) is 7.94. The molecule has 0 aromatic carbocycles. The molecule has 0 unspecified atom stereocenters. The topological polar surface area (TPSA) is 55.3 Å². The summed E-state index contributed by atoms with van der Waals surface area (Å²) < 4.78 is 5.96. The lowest BCUT2D eigenvalue weighted by molar-refractivity contribution is -0.138. The molecule has 0 atom stereocenters. The third-order valence-electron chi connectivity index (χ3n) is 5.86. The van der Waals surface area contributed by atoms with Crippen molar-refractivity contribution >= 4 is 5.91 Å². The Morgan fingerprint density at radius 2 is 1.84 bits per heavy atom. The van der Waals surface area contributed by atoms with E-state index in [0.717, 1.165) is 56.4 Å². The number of aromatic nitrogens is 2. The molecular formula is C20H31N3O2. The maximum Gasteiger partial charge on any atom is 0.225 e. The van der Waals surface area contributed by atoms with E-state index in [0.29, 0.717) is 11.8 Å². The van der Waals surface area contributed by atoms with Crippen LogP contribution in [0.5, 0.6) is 5.88 Å². The Labute approximate surface area is 151 Å². The predicted octanol–water partition coefficient (Wildman–Crippen LogP) is 3.62. The minimum absolute atomic E-state index is 0.148. The summed E-state index contributed by atoms with van der Waals surface area (Å²) in [6, 6.07) is 1.80. The van der Waals surface area contributed by atoms with Gasteiger partial charge in [-0.25, -0.2) is 4.98 Å². The summed E-state index contributed by atoms with van der Waals surface area (Å²) in [7, 11) is 0. The number of hydrogen-bond donors (Lipinski definition) is 0. The van der Waals surface area contributed by atoms with Gasteiger partial charge < -0.3 is 9.64 Å². The first-order chi connectivity index (χ1) is 12.0. The first kappa shape index (κ1) is 18.2. The van der Waals surface area contributed by atoms with E-state index in [9.17, 15) is 4.79 Å². The van der Waals surface area contributed by atoms with Gasteiger partial charge in [0.15, 0.2) is 0 Å². The van der Waals surface area contributed by atoms with Gasteiger partial charge in [-0.3, -0.25) is 4.79 Å². The first-order valence-corrected chi connectivity index (χ1v) is 9.78. The average molecular weight is 345 g/mol. The van der Waals surface area contributed by atoms with Crippen molar-refractivity contribution in [2.45, 2.75) is 65.4 Å². The first-order valence-electron chi connectivity index (χ1n) is 9.78. The van der Waals surface area contributed by atoms with Crippen molar-refractivity contribution in [3.63, 3.8) is 0 Å². The molecule has 25 heavy (non-hydrogen) atoms. The SMILES string of the molecule is Cc1nccc(OC2CCN(C(=O)C3CCC(C(C)C)CC3)CC2)n1. The smallest absolute Gasteiger partial charge is 0.225 e. The molecule has 1 saturated carbocycles. The minimum atomic E-state index is 0.148. The van der Waals surface area contributed by atoms with Crippen LogP contribution in [0, 0.1) is 24.7 Å². The van der Waals surface area contributed by atoms with E-state index in [2.05, 4.69) is 28.7 Å². The number of aryl methyl sites for hydroxylation is 1. The zero-order valence-corrected chi connectivity index (χ0v) is 15.8. The highest BCUT2D eigenvalue weighted by Gasteiger charge is 2.32. The molecule has 1 saturated heterocycles. The number of ether oxygens (including phenoxy) is 1. The van der Waals surface area contributed by atoms with Crippen LogP contribution in [0.3, 0.4) is 0 Å². The molecule has 1 aromatic heterocycles. The molecule has 0 spiro atoms. The van der Waals surface area contributed by atoms with Crippen molar-refractivity contribution in [1.82, 2.24) is 14.9 Å². The molecule has 2 heterocycles. The molecular weight excluding hydrogens is 314 g/mol. The van der Waals surface area contributed by atoms with Crippen LogP contribution in [0.4, 0.5) is 0 Å². The summed E-state index contributed by atoms with van der Waals surface area (Å²) in [4.78, 5) is 23.3. The second kappa shape index (κ2) is 8.15. The standard InChI is InChI=1S/C20H31N3O2/c1-14(2)16-4-6-17(7-5-16)20(24)23-12-9-18(10-13-23)25-19-8-11-21-15(3)22-19/h8,11,14,16-18H,4-7,9-10,12-13H2,1-3H3. The van der Waals surface area contributed by atoms with Crippen LogP contribution in [-0.2, 0) is 4.79 Å². The van der Waals surface area contributed by atoms with Crippen molar-refractivity contribution in [3.05, 3.63) is 18.1 Å². The van der Waals surface area contributed by atoms with Gasteiger partial charge in [0.1, 0.15) is 11.9 Å². The zero-order valence-electron chi connectivity index (χ0n) is 15.8. The molecule has 1 aliphatic carbocycles. The fraction of sp³-hybridized carbons (Fsp3) is 0.750. The van der Waals surface area contributed by atoms with Crippen molar-refractivity contribution in [2.24, 2.45) is 17.8 Å². The molecule has 1 amide bonds. The third kappa shape index (κ3) is 4.71. The molecule has 0 radical (unpaired) electrons. The second-order valence-corrected chi connectivity index (χ2v) is 7.94. The highest BCUT2D eigenvalue weighted by molar-refractivity contribution is 5.79. The number of amides is 1. The number of likely N-dealkylation sites (tertiary alicyclic amines) is 1. The number of nitrogens with zero attached hydrogens (tertiary/aromatic N) is 3. The van der Waals surface area contributed by atoms with E-state index in [4.69, 9.17) is 4.74 Å². The Bertz CT molecular complexity index is 574. The largest absolute Gasteiger partial charge is 0.474 e. The Morgan fingerprint density at radius 1 is 1.16 bits per heavy atom. The summed E-state index contributed by atoms with van der Waals surface area (Å²) >= 11 is 0. The highest BCUT2D eigenvalue weighted by Crippen LogP contribution is 2.34. The molecule has 2 aliphatic rings. The predicted molar refractivity (Wildman–Crippen MR) is 97.3 cm³/mol. The monoisotopic (exact) mass is 345 g/mol. The molecule has 5 nitrogen and oxygen atoms in total. The fourth-order valence-corrected chi connectivity index (χ4v) is 4.16. The van der Waals surface area contributed by atoms with E-state index in [1.807, 2.05) is 6.92 Å². The zero-order chi connectivity index (χ0) is 17.8. The number of carbonyl (C=O) groups is 1. The van der Waals surface area contributed by atoms with E-state index in [1.54, 1.807) is 12.3 Å². The van der Waals surface area contributed by atoms with Crippen molar-refractivity contribution in [1.29, 1.82) is 0 Å². The molecule has 3 rings (SSSR count). The van der Waals surface area contributed by atoms with E-state index in [-0.39, 0.29) is 12.0 Å². The lowest BCUT2D eigenvalue weighted by atomic mass is 9.76. The Hall–Kier alpha value is -1.65. The van der Waals surface area contributed by atoms with Crippen LogP contribution in [-0.4, -0.2) is 40.0 Å². The molecule has 2 fully saturated rings. The highest BCUT2D eigenvalue weighted by atomic mass is 16.5. The summed E-state index contributed by atoms with van der Waals surface area (Å²) in [5, 5.41) is 0. The number of hydrogen-bond acceptors (Lipinski definition) is 4. The molecule has 0 N–H and O–H groups in total. The van der Waals surface area contributed by atoms with Gasteiger partial charge in [-0.05, 0) is 44.4 Å². The van der Waals surface area contributed by atoms with Gasteiger partial charge in [-0.15, -0.1) is 0 Å². The van der Waals surface area contributed by atoms with Gasteiger partial charge in [0, 0.05) is 44.1 Å². The number of carbonyl (C=O) groups excluding carboxylic acids is 1. The molecule has 0 bridgehead atoms. The Kier molecular flexibility index (Phi) is 5.92. The summed E-state index contributed by atoms with van der Waals surface area (Å²) in [5.41, 5.74) is 0. The lowest BCUT2D eigenvalue weighted by Crippen LogP contribution is -2.45. The van der Waals surface area contributed by atoms with Crippen LogP contribution in [0.1, 0.15) is 58.2 Å². The van der Waals surface area contributed by atoms with Gasteiger partial charge in [0.05, 0.1) is 0 Å². The van der Waals surface area contributed by atoms with Crippen LogP contribution < -0.4 is 4.74 Å². The van der Waals surface area contributed by atoms with Crippen molar-refractivity contribution in [3.8, 4) is 5.88 Å². The minimum Gasteiger partial charge on any atom is -0.474 e. The number of rotatable bonds is 4. The van der Waals surface area contributed by atoms with E-state index < -0.39 is 0 Å². The molecule has 138 valence electrons. The normalized spacial score (nSPS) is 25.2. The third-order valence-corrected chi connectivity index (χ3v) is 5.86. The van der Waals surface area contributed by atoms with Crippen LogP contribution in [0.2, 0.25) is 0 Å². The van der Waals surface area contributed by atoms with Crippen LogP contribution >= 0.6 is 0 Å². The van der Waals surface area contributed by atoms with Gasteiger partial charge in [-0.1, -0.05) is 13.8 Å². The van der Waals surface area contributed by atoms with Gasteiger partial charge >= 0.3 is 0 Å². The van der Waals surface area contributed by atoms with Crippen molar-refractivity contribution < 1.29 is 9.53 Å². The van der Waals surface area contributed by atoms with E-state index in [1.165, 1.54) is 12.8 Å². The van der Waals surface area contributed by atoms with E-state index >= 15 is 0 Å². The Balaban J connectivity index is 1.45. The summed E-state index contributed by atoms with van der Waals surface area (Å²) in [6.07, 6.45) is 8.20. The molecule has 1 aromatic rings. The van der Waals surface area contributed by atoms with Gasteiger partial charge in [-0.2, -0.15) is 4.98 Å². The van der Waals surface area contributed by atoms with Gasteiger partial charge in [0.2, 0.25) is 11.8 Å². The maximum atomic E-state index is 12.8. The van der Waals surface area contributed by atoms with Crippen molar-refractivity contribution in [2.75, 3.05) is 13.1 Å². The Morgan fingerprint density at radius 3 is 2.44 bits per heavy atom. The maximum absolute atomic E-state index is 12.8. The van der Waals surface area contributed by atoms with Crippen LogP contribution in [0.15, 0.2) is 12.3 Å². The molecule has 1 aliphatic heterocycles. The lowest BCUT2D eigenvalue weighted by Gasteiger charge is -2.36. The number of piperidine rings is 1.